The first-order valence-electron chi connectivity index (χ1n) is 5.07. The Morgan fingerprint density at radius 3 is 2.71 bits per heavy atom. The lowest BCUT2D eigenvalue weighted by atomic mass is 10.2. The minimum absolute atomic E-state index is 0.167. The van der Waals surface area contributed by atoms with Gasteiger partial charge >= 0.3 is 0 Å². The van der Waals surface area contributed by atoms with Crippen LogP contribution in [0.2, 0.25) is 0 Å². The predicted molar refractivity (Wildman–Crippen MR) is 62.4 cm³/mol. The summed E-state index contributed by atoms with van der Waals surface area (Å²) >= 11 is 0. The average molecular weight is 229 g/mol. The topological polar surface area (TPSA) is 75.1 Å². The molecule has 0 spiro atoms. The number of amides is 1. The largest absolute Gasteiger partial charge is 0.392 e. The fourth-order valence-corrected chi connectivity index (χ4v) is 1.36. The SMILES string of the molecule is O=C(Nc1ncccc1CO)c1ccncc1. The van der Waals surface area contributed by atoms with Gasteiger partial charge in [0, 0.05) is 29.7 Å². The molecule has 0 aliphatic heterocycles. The zero-order chi connectivity index (χ0) is 12.1. The van der Waals surface area contributed by atoms with Crippen LogP contribution in [0, 0.1) is 0 Å². The summed E-state index contributed by atoms with van der Waals surface area (Å²) in [6.07, 6.45) is 4.64. The Hall–Kier alpha value is -2.27. The number of aliphatic hydroxyl groups is 1. The number of nitrogens with zero attached hydrogens (tertiary/aromatic N) is 2. The van der Waals surface area contributed by atoms with Crippen molar-refractivity contribution >= 4 is 11.7 Å². The first-order chi connectivity index (χ1) is 8.31. The Kier molecular flexibility index (Phi) is 3.42. The molecule has 0 unspecified atom stereocenters. The maximum atomic E-state index is 11.8. The molecule has 2 heterocycles. The molecular weight excluding hydrogens is 218 g/mol. The fourth-order valence-electron chi connectivity index (χ4n) is 1.36. The van der Waals surface area contributed by atoms with E-state index in [4.69, 9.17) is 5.11 Å². The third-order valence-electron chi connectivity index (χ3n) is 2.24. The van der Waals surface area contributed by atoms with Gasteiger partial charge in [-0.05, 0) is 18.2 Å². The molecule has 2 N–H and O–H groups in total. The van der Waals surface area contributed by atoms with E-state index in [9.17, 15) is 4.79 Å². The van der Waals surface area contributed by atoms with Crippen LogP contribution in [0.3, 0.4) is 0 Å². The molecule has 0 aromatic carbocycles. The van der Waals surface area contributed by atoms with Crippen molar-refractivity contribution in [3.63, 3.8) is 0 Å². The maximum absolute atomic E-state index is 11.8. The van der Waals surface area contributed by atoms with Crippen molar-refractivity contribution in [1.82, 2.24) is 9.97 Å². The molecule has 0 radical (unpaired) electrons. The van der Waals surface area contributed by atoms with Gasteiger partial charge < -0.3 is 10.4 Å². The molecule has 0 aliphatic carbocycles. The van der Waals surface area contributed by atoms with Crippen LogP contribution in [-0.2, 0) is 6.61 Å². The lowest BCUT2D eigenvalue weighted by Gasteiger charge is -2.07. The highest BCUT2D eigenvalue weighted by molar-refractivity contribution is 6.03. The van der Waals surface area contributed by atoms with Gasteiger partial charge in [-0.2, -0.15) is 0 Å². The number of carbonyl (C=O) groups excluding carboxylic acids is 1. The van der Waals surface area contributed by atoms with Crippen molar-refractivity contribution in [2.75, 3.05) is 5.32 Å². The Labute approximate surface area is 98.2 Å². The molecule has 0 fully saturated rings. The van der Waals surface area contributed by atoms with E-state index < -0.39 is 0 Å². The summed E-state index contributed by atoms with van der Waals surface area (Å²) in [6, 6.07) is 6.62. The minimum atomic E-state index is -0.277. The first kappa shape index (κ1) is 11.2. The molecule has 86 valence electrons. The number of rotatable bonds is 3. The molecule has 0 saturated carbocycles. The van der Waals surface area contributed by atoms with E-state index in [-0.39, 0.29) is 12.5 Å². The predicted octanol–water partition coefficient (Wildman–Crippen LogP) is 1.22. The molecule has 5 heteroatoms. The third-order valence-corrected chi connectivity index (χ3v) is 2.24. The summed E-state index contributed by atoms with van der Waals surface area (Å²) in [5.41, 5.74) is 1.07. The van der Waals surface area contributed by atoms with Crippen LogP contribution in [0.25, 0.3) is 0 Å². The standard InChI is InChI=1S/C12H11N3O2/c16-8-10-2-1-5-14-11(10)15-12(17)9-3-6-13-7-4-9/h1-7,16H,8H2,(H,14,15,17). The summed E-state index contributed by atoms with van der Waals surface area (Å²) in [6.45, 7) is -0.167. The summed E-state index contributed by atoms with van der Waals surface area (Å²) in [5, 5.41) is 11.7. The summed E-state index contributed by atoms with van der Waals surface area (Å²) in [4.78, 5) is 19.7. The lowest BCUT2D eigenvalue weighted by molar-refractivity contribution is 0.102. The van der Waals surface area contributed by atoms with Gasteiger partial charge in [0.25, 0.3) is 5.91 Å². The van der Waals surface area contributed by atoms with Gasteiger partial charge in [0.15, 0.2) is 0 Å². The summed E-state index contributed by atoms with van der Waals surface area (Å²) in [5.74, 6) is 0.0950. The van der Waals surface area contributed by atoms with Crippen LogP contribution >= 0.6 is 0 Å². The first-order valence-corrected chi connectivity index (χ1v) is 5.07. The number of aliphatic hydroxyl groups excluding tert-OH is 1. The van der Waals surface area contributed by atoms with Crippen molar-refractivity contribution < 1.29 is 9.90 Å². The number of hydrogen-bond acceptors (Lipinski definition) is 4. The number of aromatic nitrogens is 2. The van der Waals surface area contributed by atoms with Crippen LogP contribution in [0.5, 0.6) is 0 Å². The van der Waals surface area contributed by atoms with Crippen molar-refractivity contribution in [3.05, 3.63) is 54.0 Å². The zero-order valence-electron chi connectivity index (χ0n) is 9.00. The molecule has 0 atom stereocenters. The van der Waals surface area contributed by atoms with E-state index in [2.05, 4.69) is 15.3 Å². The maximum Gasteiger partial charge on any atom is 0.256 e. The van der Waals surface area contributed by atoms with Gasteiger partial charge in [0.1, 0.15) is 5.82 Å². The number of anilines is 1. The number of pyridine rings is 2. The Morgan fingerprint density at radius 2 is 2.00 bits per heavy atom. The van der Waals surface area contributed by atoms with Crippen molar-refractivity contribution in [2.45, 2.75) is 6.61 Å². The molecule has 2 aromatic rings. The summed E-state index contributed by atoms with van der Waals surface area (Å²) < 4.78 is 0. The molecule has 0 aliphatic rings. The number of nitrogens with one attached hydrogen (secondary N) is 1. The second-order valence-electron chi connectivity index (χ2n) is 3.36. The molecule has 0 bridgehead atoms. The highest BCUT2D eigenvalue weighted by Gasteiger charge is 2.08. The van der Waals surface area contributed by atoms with E-state index in [0.717, 1.165) is 0 Å². The van der Waals surface area contributed by atoms with Crippen LogP contribution in [0.1, 0.15) is 15.9 Å². The van der Waals surface area contributed by atoms with E-state index >= 15 is 0 Å². The molecule has 5 nitrogen and oxygen atoms in total. The smallest absolute Gasteiger partial charge is 0.256 e. The van der Waals surface area contributed by atoms with E-state index in [0.29, 0.717) is 16.9 Å². The second kappa shape index (κ2) is 5.18. The normalized spacial score (nSPS) is 9.94. The van der Waals surface area contributed by atoms with Gasteiger partial charge in [-0.25, -0.2) is 4.98 Å². The molecule has 17 heavy (non-hydrogen) atoms. The zero-order valence-corrected chi connectivity index (χ0v) is 9.00. The molecule has 2 aromatic heterocycles. The minimum Gasteiger partial charge on any atom is -0.392 e. The van der Waals surface area contributed by atoms with E-state index in [1.165, 1.54) is 0 Å². The molecular formula is C12H11N3O2. The van der Waals surface area contributed by atoms with Gasteiger partial charge in [-0.3, -0.25) is 9.78 Å². The number of carbonyl (C=O) groups is 1. The van der Waals surface area contributed by atoms with Crippen molar-refractivity contribution in [3.8, 4) is 0 Å². The molecule has 1 amide bonds. The lowest BCUT2D eigenvalue weighted by Crippen LogP contribution is -2.14. The highest BCUT2D eigenvalue weighted by atomic mass is 16.3. The van der Waals surface area contributed by atoms with Crippen LogP contribution in [0.4, 0.5) is 5.82 Å². The average Bonchev–Trinajstić information content (AvgIpc) is 2.40. The third kappa shape index (κ3) is 2.64. The quantitative estimate of drug-likeness (QED) is 0.829. The van der Waals surface area contributed by atoms with Gasteiger partial charge in [-0.15, -0.1) is 0 Å². The van der Waals surface area contributed by atoms with Gasteiger partial charge in [0.2, 0.25) is 0 Å². The van der Waals surface area contributed by atoms with Gasteiger partial charge in [0.05, 0.1) is 6.61 Å². The molecule has 2 rings (SSSR count). The van der Waals surface area contributed by atoms with Crippen LogP contribution < -0.4 is 5.32 Å². The van der Waals surface area contributed by atoms with E-state index in [1.54, 1.807) is 42.9 Å². The molecule has 0 saturated heterocycles. The van der Waals surface area contributed by atoms with Gasteiger partial charge in [-0.1, -0.05) is 6.07 Å². The Bertz CT molecular complexity index is 514. The Morgan fingerprint density at radius 1 is 1.24 bits per heavy atom. The second-order valence-corrected chi connectivity index (χ2v) is 3.36. The number of hydrogen-bond donors (Lipinski definition) is 2. The Balaban J connectivity index is 2.19. The monoisotopic (exact) mass is 229 g/mol. The van der Waals surface area contributed by atoms with E-state index in [1.807, 2.05) is 0 Å². The highest BCUT2D eigenvalue weighted by Crippen LogP contribution is 2.12. The van der Waals surface area contributed by atoms with Crippen molar-refractivity contribution in [1.29, 1.82) is 0 Å². The van der Waals surface area contributed by atoms with Crippen LogP contribution in [-0.4, -0.2) is 21.0 Å². The van der Waals surface area contributed by atoms with Crippen molar-refractivity contribution in [2.24, 2.45) is 0 Å². The summed E-state index contributed by atoms with van der Waals surface area (Å²) in [7, 11) is 0. The van der Waals surface area contributed by atoms with Crippen LogP contribution in [0.15, 0.2) is 42.9 Å². The fraction of sp³-hybridized carbons (Fsp3) is 0.0833.